The number of hydrogen-bond donors (Lipinski definition) is 1. The van der Waals surface area contributed by atoms with E-state index in [1.165, 1.54) is 4.90 Å². The summed E-state index contributed by atoms with van der Waals surface area (Å²) in [6.07, 6.45) is 1.68. The number of rotatable bonds is 4. The van der Waals surface area contributed by atoms with Crippen LogP contribution in [0.15, 0.2) is 42.6 Å². The normalized spacial score (nSPS) is 13.5. The third-order valence-corrected chi connectivity index (χ3v) is 3.44. The zero-order valence-corrected chi connectivity index (χ0v) is 11.7. The lowest BCUT2D eigenvalue weighted by atomic mass is 10.1. The molecule has 1 aliphatic heterocycles. The maximum atomic E-state index is 12.3. The van der Waals surface area contributed by atoms with Gasteiger partial charge in [-0.3, -0.25) is 14.5 Å². The maximum absolute atomic E-state index is 12.3. The van der Waals surface area contributed by atoms with Crippen LogP contribution in [0, 0.1) is 0 Å². The number of pyridine rings is 1. The van der Waals surface area contributed by atoms with Crippen LogP contribution in [0.3, 0.4) is 0 Å². The maximum Gasteiger partial charge on any atom is 0.261 e. The summed E-state index contributed by atoms with van der Waals surface area (Å²) in [7, 11) is 0. The van der Waals surface area contributed by atoms with Crippen LogP contribution in [0.1, 0.15) is 33.2 Å². The summed E-state index contributed by atoms with van der Waals surface area (Å²) < 4.78 is 0. The molecule has 0 bridgehead atoms. The zero-order valence-electron chi connectivity index (χ0n) is 11.7. The van der Waals surface area contributed by atoms with Gasteiger partial charge in [-0.15, -0.1) is 0 Å². The van der Waals surface area contributed by atoms with Gasteiger partial charge in [0.15, 0.2) is 0 Å². The highest BCUT2D eigenvalue weighted by Crippen LogP contribution is 2.25. The van der Waals surface area contributed by atoms with Gasteiger partial charge in [0.05, 0.1) is 17.7 Å². The van der Waals surface area contributed by atoms with Gasteiger partial charge in [0.1, 0.15) is 5.82 Å². The molecule has 1 aromatic carbocycles. The topological polar surface area (TPSA) is 62.3 Å². The van der Waals surface area contributed by atoms with Gasteiger partial charge < -0.3 is 5.32 Å². The Bertz CT molecular complexity index is 677. The van der Waals surface area contributed by atoms with Crippen LogP contribution < -0.4 is 5.32 Å². The summed E-state index contributed by atoms with van der Waals surface area (Å²) >= 11 is 0. The molecule has 0 aliphatic carbocycles. The Hall–Kier alpha value is -2.69. The van der Waals surface area contributed by atoms with E-state index in [0.717, 1.165) is 12.1 Å². The summed E-state index contributed by atoms with van der Waals surface area (Å²) in [5.74, 6) is 0.209. The van der Waals surface area contributed by atoms with Gasteiger partial charge >= 0.3 is 0 Å². The molecule has 2 aromatic rings. The Labute approximate surface area is 122 Å². The van der Waals surface area contributed by atoms with Gasteiger partial charge in [-0.05, 0) is 25.1 Å². The number of carbonyl (C=O) groups excluding carboxylic acids is 2. The molecule has 0 saturated carbocycles. The fourth-order valence-corrected chi connectivity index (χ4v) is 2.45. The molecule has 1 N–H and O–H groups in total. The monoisotopic (exact) mass is 281 g/mol. The van der Waals surface area contributed by atoms with Crippen LogP contribution in [0.25, 0.3) is 0 Å². The average molecular weight is 281 g/mol. The Morgan fingerprint density at radius 2 is 1.71 bits per heavy atom. The van der Waals surface area contributed by atoms with E-state index in [-0.39, 0.29) is 18.4 Å². The van der Waals surface area contributed by atoms with Crippen molar-refractivity contribution < 1.29 is 9.59 Å². The standard InChI is InChI=1S/C16H15N3O2/c1-2-17-14-11(6-5-9-18-14)10-19-15(20)12-7-3-4-8-13(12)16(19)21/h3-9H,2,10H2,1H3,(H,17,18). The van der Waals surface area contributed by atoms with Crippen molar-refractivity contribution in [3.8, 4) is 0 Å². The summed E-state index contributed by atoms with van der Waals surface area (Å²) in [6, 6.07) is 10.6. The van der Waals surface area contributed by atoms with Gasteiger partial charge in [-0.2, -0.15) is 0 Å². The summed E-state index contributed by atoms with van der Waals surface area (Å²) in [5, 5.41) is 3.14. The van der Waals surface area contributed by atoms with Crippen LogP contribution >= 0.6 is 0 Å². The number of fused-ring (bicyclic) bond motifs is 1. The second kappa shape index (κ2) is 5.36. The summed E-state index contributed by atoms with van der Waals surface area (Å²) in [4.78, 5) is 30.2. The number of nitrogens with zero attached hydrogens (tertiary/aromatic N) is 2. The van der Waals surface area contributed by atoms with Crippen molar-refractivity contribution in [3.63, 3.8) is 0 Å². The molecule has 0 spiro atoms. The largest absolute Gasteiger partial charge is 0.370 e. The third kappa shape index (κ3) is 2.27. The number of amides is 2. The first-order valence-electron chi connectivity index (χ1n) is 6.85. The van der Waals surface area contributed by atoms with E-state index in [0.29, 0.717) is 16.9 Å². The molecule has 0 fully saturated rings. The van der Waals surface area contributed by atoms with Crippen molar-refractivity contribution in [2.24, 2.45) is 0 Å². The fraction of sp³-hybridized carbons (Fsp3) is 0.188. The molecule has 0 atom stereocenters. The molecular weight excluding hydrogens is 266 g/mol. The summed E-state index contributed by atoms with van der Waals surface area (Å²) in [5.41, 5.74) is 1.77. The highest BCUT2D eigenvalue weighted by molar-refractivity contribution is 6.21. The number of carbonyl (C=O) groups is 2. The third-order valence-electron chi connectivity index (χ3n) is 3.44. The van der Waals surface area contributed by atoms with E-state index in [2.05, 4.69) is 10.3 Å². The molecule has 2 heterocycles. The van der Waals surface area contributed by atoms with Gasteiger partial charge in [0.2, 0.25) is 0 Å². The zero-order chi connectivity index (χ0) is 14.8. The van der Waals surface area contributed by atoms with E-state index >= 15 is 0 Å². The lowest BCUT2D eigenvalue weighted by Crippen LogP contribution is -2.29. The number of hydrogen-bond acceptors (Lipinski definition) is 4. The molecule has 5 heteroatoms. The number of anilines is 1. The van der Waals surface area contributed by atoms with Crippen molar-refractivity contribution in [2.45, 2.75) is 13.5 Å². The van der Waals surface area contributed by atoms with Gasteiger partial charge in [-0.25, -0.2) is 4.98 Å². The number of imide groups is 1. The van der Waals surface area contributed by atoms with Crippen LogP contribution in [-0.4, -0.2) is 28.2 Å². The van der Waals surface area contributed by atoms with Gasteiger partial charge in [-0.1, -0.05) is 18.2 Å². The first-order chi connectivity index (χ1) is 10.2. The molecule has 21 heavy (non-hydrogen) atoms. The average Bonchev–Trinajstić information content (AvgIpc) is 2.75. The van der Waals surface area contributed by atoms with E-state index in [1.807, 2.05) is 13.0 Å². The van der Waals surface area contributed by atoms with Crippen LogP contribution in [0.2, 0.25) is 0 Å². The van der Waals surface area contributed by atoms with Crippen LogP contribution in [-0.2, 0) is 6.54 Å². The summed E-state index contributed by atoms with van der Waals surface area (Å²) in [6.45, 7) is 2.93. The second-order valence-corrected chi connectivity index (χ2v) is 4.78. The van der Waals surface area contributed by atoms with Crippen LogP contribution in [0.4, 0.5) is 5.82 Å². The predicted octanol–water partition coefficient (Wildman–Crippen LogP) is 2.31. The Balaban J connectivity index is 1.91. The van der Waals surface area contributed by atoms with Crippen molar-refractivity contribution >= 4 is 17.6 Å². The van der Waals surface area contributed by atoms with Gasteiger partial charge in [0, 0.05) is 18.3 Å². The van der Waals surface area contributed by atoms with Crippen molar-refractivity contribution in [1.29, 1.82) is 0 Å². The molecule has 3 rings (SSSR count). The van der Waals surface area contributed by atoms with E-state index < -0.39 is 0 Å². The molecule has 2 amide bonds. The number of benzene rings is 1. The second-order valence-electron chi connectivity index (χ2n) is 4.78. The highest BCUT2D eigenvalue weighted by Gasteiger charge is 2.35. The molecule has 0 saturated heterocycles. The molecule has 1 aliphatic rings. The Morgan fingerprint density at radius 3 is 2.33 bits per heavy atom. The van der Waals surface area contributed by atoms with Crippen molar-refractivity contribution in [2.75, 3.05) is 11.9 Å². The van der Waals surface area contributed by atoms with Crippen LogP contribution in [0.5, 0.6) is 0 Å². The quantitative estimate of drug-likeness (QED) is 0.874. The smallest absolute Gasteiger partial charge is 0.261 e. The number of nitrogens with one attached hydrogen (secondary N) is 1. The fourth-order valence-electron chi connectivity index (χ4n) is 2.45. The van der Waals surface area contributed by atoms with E-state index in [4.69, 9.17) is 0 Å². The first kappa shape index (κ1) is 13.3. The highest BCUT2D eigenvalue weighted by atomic mass is 16.2. The SMILES string of the molecule is CCNc1ncccc1CN1C(=O)c2ccccc2C1=O. The van der Waals surface area contributed by atoms with Crippen molar-refractivity contribution in [1.82, 2.24) is 9.88 Å². The molecular formula is C16H15N3O2. The van der Waals surface area contributed by atoms with Gasteiger partial charge in [0.25, 0.3) is 11.8 Å². The van der Waals surface area contributed by atoms with E-state index in [1.54, 1.807) is 36.5 Å². The molecule has 106 valence electrons. The Morgan fingerprint density at radius 1 is 1.05 bits per heavy atom. The Kier molecular flexibility index (Phi) is 3.39. The molecule has 0 radical (unpaired) electrons. The number of aromatic nitrogens is 1. The lowest BCUT2D eigenvalue weighted by molar-refractivity contribution is 0.0642. The minimum Gasteiger partial charge on any atom is -0.370 e. The minimum atomic E-state index is -0.248. The van der Waals surface area contributed by atoms with E-state index in [9.17, 15) is 9.59 Å². The molecule has 5 nitrogen and oxygen atoms in total. The molecule has 1 aromatic heterocycles. The van der Waals surface area contributed by atoms with Crippen molar-refractivity contribution in [3.05, 3.63) is 59.3 Å². The molecule has 0 unspecified atom stereocenters. The predicted molar refractivity (Wildman–Crippen MR) is 79.0 cm³/mol. The first-order valence-corrected chi connectivity index (χ1v) is 6.85. The minimum absolute atomic E-state index is 0.225. The lowest BCUT2D eigenvalue weighted by Gasteiger charge is -2.16.